The number of hydrogen-bond donors (Lipinski definition) is 1. The molecule has 2 aromatic rings. The summed E-state index contributed by atoms with van der Waals surface area (Å²) in [5.74, 6) is 0. The molecule has 0 bridgehead atoms. The first-order valence-electron chi connectivity index (χ1n) is 4.08. The van der Waals surface area contributed by atoms with Gasteiger partial charge < -0.3 is 5.32 Å². The van der Waals surface area contributed by atoms with Crippen LogP contribution < -0.4 is 5.32 Å². The Morgan fingerprint density at radius 3 is 2.93 bits per heavy atom. The number of halogens is 1. The van der Waals surface area contributed by atoms with Crippen molar-refractivity contribution in [2.45, 2.75) is 6.54 Å². The molecule has 1 N–H and O–H groups in total. The monoisotopic (exact) mass is 269 g/mol. The van der Waals surface area contributed by atoms with Gasteiger partial charge in [0.1, 0.15) is 0 Å². The smallest absolute Gasteiger partial charge is 0.182 e. The Balaban J connectivity index is 1.95. The summed E-state index contributed by atoms with van der Waals surface area (Å²) in [7, 11) is 0. The van der Waals surface area contributed by atoms with Crippen molar-refractivity contribution in [1.29, 1.82) is 0 Å². The highest BCUT2D eigenvalue weighted by Crippen LogP contribution is 2.12. The van der Waals surface area contributed by atoms with Gasteiger partial charge in [0, 0.05) is 22.2 Å². The van der Waals surface area contributed by atoms with Crippen LogP contribution in [0.15, 0.2) is 34.4 Å². The van der Waals surface area contributed by atoms with Gasteiger partial charge >= 0.3 is 0 Å². The number of thiazole rings is 1. The molecule has 0 aliphatic carbocycles. The maximum atomic E-state index is 4.25. The van der Waals surface area contributed by atoms with Crippen molar-refractivity contribution in [1.82, 2.24) is 9.97 Å². The van der Waals surface area contributed by atoms with Crippen LogP contribution in [0, 0.1) is 0 Å². The molecule has 5 heteroatoms. The van der Waals surface area contributed by atoms with Gasteiger partial charge in [0.2, 0.25) is 0 Å². The van der Waals surface area contributed by atoms with E-state index in [-0.39, 0.29) is 0 Å². The van der Waals surface area contributed by atoms with E-state index in [9.17, 15) is 0 Å². The number of rotatable bonds is 3. The number of hydrogen-bond acceptors (Lipinski definition) is 4. The third kappa shape index (κ3) is 2.52. The Bertz CT molecular complexity index is 385. The van der Waals surface area contributed by atoms with E-state index in [1.807, 2.05) is 17.5 Å². The van der Waals surface area contributed by atoms with E-state index < -0.39 is 0 Å². The van der Waals surface area contributed by atoms with Crippen LogP contribution in [0.3, 0.4) is 0 Å². The Kier molecular flexibility index (Phi) is 3.10. The number of pyridine rings is 1. The third-order valence-corrected chi connectivity index (χ3v) is 2.84. The van der Waals surface area contributed by atoms with E-state index in [0.29, 0.717) is 6.54 Å². The summed E-state index contributed by atoms with van der Waals surface area (Å²) < 4.78 is 0.996. The Morgan fingerprint density at radius 2 is 2.29 bits per heavy atom. The van der Waals surface area contributed by atoms with Crippen LogP contribution in [0.5, 0.6) is 0 Å². The first kappa shape index (κ1) is 9.61. The lowest BCUT2D eigenvalue weighted by atomic mass is 10.3. The summed E-state index contributed by atoms with van der Waals surface area (Å²) in [5.41, 5.74) is 1.00. The molecular formula is C9H8BrN3S. The van der Waals surface area contributed by atoms with Crippen LogP contribution in [0.4, 0.5) is 5.13 Å². The fourth-order valence-corrected chi connectivity index (χ4v) is 1.75. The summed E-state index contributed by atoms with van der Waals surface area (Å²) in [4.78, 5) is 8.36. The molecule has 2 rings (SSSR count). The number of anilines is 1. The molecule has 0 aliphatic heterocycles. The zero-order chi connectivity index (χ0) is 9.80. The normalized spacial score (nSPS) is 10.1. The lowest BCUT2D eigenvalue weighted by Crippen LogP contribution is -2.00. The van der Waals surface area contributed by atoms with Crippen molar-refractivity contribution in [3.8, 4) is 0 Å². The largest absolute Gasteiger partial charge is 0.356 e. The Labute approximate surface area is 94.4 Å². The average molecular weight is 270 g/mol. The quantitative estimate of drug-likeness (QED) is 0.931. The van der Waals surface area contributed by atoms with Gasteiger partial charge in [-0.25, -0.2) is 4.98 Å². The molecule has 0 atom stereocenters. The summed E-state index contributed by atoms with van der Waals surface area (Å²) >= 11 is 4.93. The van der Waals surface area contributed by atoms with Crippen molar-refractivity contribution >= 4 is 32.4 Å². The Morgan fingerprint density at radius 1 is 1.36 bits per heavy atom. The number of nitrogens with one attached hydrogen (secondary N) is 1. The Hall–Kier alpha value is -0.940. The highest BCUT2D eigenvalue weighted by molar-refractivity contribution is 9.10. The van der Waals surface area contributed by atoms with Crippen LogP contribution in [0.2, 0.25) is 0 Å². The molecule has 0 radical (unpaired) electrons. The fourth-order valence-electron chi connectivity index (χ4n) is 0.988. The van der Waals surface area contributed by atoms with Crippen LogP contribution >= 0.6 is 27.3 Å². The lowest BCUT2D eigenvalue weighted by Gasteiger charge is -2.01. The van der Waals surface area contributed by atoms with Crippen LogP contribution in [-0.4, -0.2) is 9.97 Å². The minimum atomic E-state index is 0.709. The first-order valence-corrected chi connectivity index (χ1v) is 5.75. The second-order valence-corrected chi connectivity index (χ2v) is 4.47. The lowest BCUT2D eigenvalue weighted by molar-refractivity contribution is 1.04. The van der Waals surface area contributed by atoms with Crippen molar-refractivity contribution in [2.24, 2.45) is 0 Å². The highest BCUT2D eigenvalue weighted by Gasteiger charge is 1.96. The van der Waals surface area contributed by atoms with E-state index >= 15 is 0 Å². The fraction of sp³-hybridized carbons (Fsp3) is 0.111. The summed E-state index contributed by atoms with van der Waals surface area (Å²) in [6.07, 6.45) is 3.57. The zero-order valence-electron chi connectivity index (χ0n) is 7.27. The SMILES string of the molecule is Brc1ccc(CNc2nccs2)nc1. The molecule has 0 saturated heterocycles. The van der Waals surface area contributed by atoms with E-state index in [0.717, 1.165) is 15.3 Å². The highest BCUT2D eigenvalue weighted by atomic mass is 79.9. The molecule has 2 heterocycles. The summed E-state index contributed by atoms with van der Waals surface area (Å²) in [6, 6.07) is 3.95. The molecule has 72 valence electrons. The van der Waals surface area contributed by atoms with E-state index in [1.165, 1.54) is 0 Å². The van der Waals surface area contributed by atoms with Gasteiger partial charge in [-0.3, -0.25) is 4.98 Å². The predicted octanol–water partition coefficient (Wildman–Crippen LogP) is 2.91. The van der Waals surface area contributed by atoms with Gasteiger partial charge in [0.25, 0.3) is 0 Å². The summed E-state index contributed by atoms with van der Waals surface area (Å²) in [6.45, 7) is 0.709. The van der Waals surface area contributed by atoms with Gasteiger partial charge in [-0.15, -0.1) is 11.3 Å². The molecule has 3 nitrogen and oxygen atoms in total. The van der Waals surface area contributed by atoms with Crippen molar-refractivity contribution in [3.05, 3.63) is 40.1 Å². The number of nitrogens with zero attached hydrogens (tertiary/aromatic N) is 2. The van der Waals surface area contributed by atoms with Gasteiger partial charge in [-0.2, -0.15) is 0 Å². The van der Waals surface area contributed by atoms with E-state index in [4.69, 9.17) is 0 Å². The first-order chi connectivity index (χ1) is 6.84. The average Bonchev–Trinajstić information content (AvgIpc) is 2.70. The van der Waals surface area contributed by atoms with Crippen molar-refractivity contribution in [3.63, 3.8) is 0 Å². The second-order valence-electron chi connectivity index (χ2n) is 2.66. The topological polar surface area (TPSA) is 37.8 Å². The second kappa shape index (κ2) is 4.52. The molecule has 2 aromatic heterocycles. The summed E-state index contributed by atoms with van der Waals surface area (Å²) in [5, 5.41) is 6.06. The van der Waals surface area contributed by atoms with Crippen LogP contribution in [0.1, 0.15) is 5.69 Å². The standard InChI is InChI=1S/C9H8BrN3S/c10-7-1-2-8(12-5-7)6-13-9-11-3-4-14-9/h1-5H,6H2,(H,11,13). The van der Waals surface area contributed by atoms with Gasteiger partial charge in [-0.05, 0) is 28.1 Å². The minimum absolute atomic E-state index is 0.709. The predicted molar refractivity (Wildman–Crippen MR) is 61.4 cm³/mol. The molecule has 0 aromatic carbocycles. The van der Waals surface area contributed by atoms with Crippen molar-refractivity contribution in [2.75, 3.05) is 5.32 Å². The molecule has 0 amide bonds. The minimum Gasteiger partial charge on any atom is -0.356 e. The molecule has 0 spiro atoms. The maximum Gasteiger partial charge on any atom is 0.182 e. The van der Waals surface area contributed by atoms with Crippen LogP contribution in [0.25, 0.3) is 0 Å². The molecule has 0 fully saturated rings. The molecule has 0 aliphatic rings. The van der Waals surface area contributed by atoms with Gasteiger partial charge in [0.15, 0.2) is 5.13 Å². The zero-order valence-corrected chi connectivity index (χ0v) is 9.68. The number of aromatic nitrogens is 2. The third-order valence-electron chi connectivity index (χ3n) is 1.64. The molecule has 0 unspecified atom stereocenters. The van der Waals surface area contributed by atoms with E-state index in [1.54, 1.807) is 23.7 Å². The van der Waals surface area contributed by atoms with Gasteiger partial charge in [0.05, 0.1) is 12.2 Å². The molecular weight excluding hydrogens is 262 g/mol. The van der Waals surface area contributed by atoms with Gasteiger partial charge in [-0.1, -0.05) is 0 Å². The molecule has 0 saturated carbocycles. The van der Waals surface area contributed by atoms with Crippen LogP contribution in [-0.2, 0) is 6.54 Å². The maximum absolute atomic E-state index is 4.25. The molecule has 14 heavy (non-hydrogen) atoms. The van der Waals surface area contributed by atoms with E-state index in [2.05, 4.69) is 31.2 Å². The van der Waals surface area contributed by atoms with Crippen molar-refractivity contribution < 1.29 is 0 Å².